The van der Waals surface area contributed by atoms with Crippen molar-refractivity contribution >= 4 is 29.9 Å². The normalized spacial score (nSPS) is 20.7. The van der Waals surface area contributed by atoms with Crippen LogP contribution in [0.25, 0.3) is 0 Å². The Morgan fingerprint density at radius 3 is 2.52 bits per heavy atom. The van der Waals surface area contributed by atoms with Crippen LogP contribution < -0.4 is 20.1 Å². The van der Waals surface area contributed by atoms with Crippen LogP contribution in [-0.4, -0.2) is 87.9 Å². The lowest BCUT2D eigenvalue weighted by atomic mass is 10.2. The van der Waals surface area contributed by atoms with Gasteiger partial charge in [0.1, 0.15) is 12.7 Å². The molecule has 1 aromatic carbocycles. The number of ether oxygens (including phenoxy) is 2. The lowest BCUT2D eigenvalue weighted by molar-refractivity contribution is 0.0936. The molecule has 1 saturated heterocycles. The van der Waals surface area contributed by atoms with Crippen molar-refractivity contribution in [1.82, 2.24) is 20.4 Å². The average molecular weight is 489 g/mol. The predicted octanol–water partition coefficient (Wildman–Crippen LogP) is 1.25. The minimum atomic E-state index is -0.0226. The van der Waals surface area contributed by atoms with E-state index in [0.717, 1.165) is 50.2 Å². The van der Waals surface area contributed by atoms with E-state index in [4.69, 9.17) is 9.47 Å². The third kappa shape index (κ3) is 6.69. The van der Waals surface area contributed by atoms with Gasteiger partial charge in [-0.1, -0.05) is 19.1 Å². The number of rotatable bonds is 6. The minimum Gasteiger partial charge on any atom is -0.486 e. The Balaban J connectivity index is 0.00000261. The maximum Gasteiger partial charge on any atom is 0.191 e. The Morgan fingerprint density at radius 1 is 1.11 bits per heavy atom. The SMILES string of the molecule is CCN1CCN(CCNC(=NC)NCC2COc3ccccc3O2)CC1.I. The number of benzene rings is 1. The van der Waals surface area contributed by atoms with Crippen LogP contribution in [-0.2, 0) is 0 Å². The molecule has 27 heavy (non-hydrogen) atoms. The molecule has 2 N–H and O–H groups in total. The number of aliphatic imine (C=N–C) groups is 1. The molecule has 2 aliphatic rings. The number of guanidine groups is 1. The first-order valence-corrected chi connectivity index (χ1v) is 9.56. The van der Waals surface area contributed by atoms with Crippen molar-refractivity contribution in [2.24, 2.45) is 4.99 Å². The molecule has 1 unspecified atom stereocenters. The van der Waals surface area contributed by atoms with Gasteiger partial charge in [0.05, 0.1) is 6.54 Å². The third-order valence-electron chi connectivity index (χ3n) is 4.92. The molecule has 7 nitrogen and oxygen atoms in total. The predicted molar refractivity (Wildman–Crippen MR) is 120 cm³/mol. The largest absolute Gasteiger partial charge is 0.486 e. The van der Waals surface area contributed by atoms with Crippen LogP contribution >= 0.6 is 24.0 Å². The maximum atomic E-state index is 5.96. The number of piperazine rings is 1. The summed E-state index contributed by atoms with van der Waals surface area (Å²) in [4.78, 5) is 9.29. The van der Waals surface area contributed by atoms with Crippen LogP contribution in [0.4, 0.5) is 0 Å². The van der Waals surface area contributed by atoms with Crippen LogP contribution in [0.2, 0.25) is 0 Å². The highest BCUT2D eigenvalue weighted by atomic mass is 127. The lowest BCUT2D eigenvalue weighted by Gasteiger charge is -2.34. The van der Waals surface area contributed by atoms with Crippen LogP contribution in [0.5, 0.6) is 11.5 Å². The van der Waals surface area contributed by atoms with Gasteiger partial charge in [-0.05, 0) is 18.7 Å². The monoisotopic (exact) mass is 489 g/mol. The van der Waals surface area contributed by atoms with Crippen LogP contribution in [0.1, 0.15) is 6.92 Å². The zero-order valence-electron chi connectivity index (χ0n) is 16.3. The molecule has 1 aromatic rings. The van der Waals surface area contributed by atoms with E-state index in [9.17, 15) is 0 Å². The van der Waals surface area contributed by atoms with E-state index in [0.29, 0.717) is 13.2 Å². The molecule has 8 heteroatoms. The highest BCUT2D eigenvalue weighted by Crippen LogP contribution is 2.30. The highest BCUT2D eigenvalue weighted by molar-refractivity contribution is 14.0. The van der Waals surface area contributed by atoms with Gasteiger partial charge in [0.2, 0.25) is 0 Å². The summed E-state index contributed by atoms with van der Waals surface area (Å²) in [5.41, 5.74) is 0. The Hall–Kier alpha value is -1.26. The fraction of sp³-hybridized carbons (Fsp3) is 0.632. The fourth-order valence-electron chi connectivity index (χ4n) is 3.26. The summed E-state index contributed by atoms with van der Waals surface area (Å²) in [5.74, 6) is 2.42. The Labute approximate surface area is 179 Å². The number of likely N-dealkylation sites (N-methyl/N-ethyl adjacent to an activating group) is 1. The van der Waals surface area contributed by atoms with E-state index >= 15 is 0 Å². The number of hydrogen-bond acceptors (Lipinski definition) is 5. The summed E-state index contributed by atoms with van der Waals surface area (Å²) in [7, 11) is 1.79. The number of fused-ring (bicyclic) bond motifs is 1. The summed E-state index contributed by atoms with van der Waals surface area (Å²) in [5, 5.41) is 6.72. The Kier molecular flexibility index (Phi) is 9.43. The quantitative estimate of drug-likeness (QED) is 0.357. The molecule has 0 saturated carbocycles. The van der Waals surface area contributed by atoms with Gasteiger partial charge in [-0.15, -0.1) is 24.0 Å². The molecule has 2 heterocycles. The molecule has 0 radical (unpaired) electrons. The van der Waals surface area contributed by atoms with Crippen LogP contribution in [0, 0.1) is 0 Å². The van der Waals surface area contributed by atoms with Crippen molar-refractivity contribution in [1.29, 1.82) is 0 Å². The van der Waals surface area contributed by atoms with Gasteiger partial charge in [-0.3, -0.25) is 9.89 Å². The first kappa shape index (κ1) is 22.0. The summed E-state index contributed by atoms with van der Waals surface area (Å²) in [6.45, 7) is 11.1. The Morgan fingerprint density at radius 2 is 1.81 bits per heavy atom. The van der Waals surface area contributed by atoms with Crippen molar-refractivity contribution in [2.75, 3.05) is 66.0 Å². The van der Waals surface area contributed by atoms with Gasteiger partial charge in [-0.25, -0.2) is 0 Å². The summed E-state index contributed by atoms with van der Waals surface area (Å²) >= 11 is 0. The van der Waals surface area contributed by atoms with Crippen molar-refractivity contribution in [2.45, 2.75) is 13.0 Å². The number of nitrogens with zero attached hydrogens (tertiary/aromatic N) is 3. The van der Waals surface area contributed by atoms with Crippen molar-refractivity contribution in [3.05, 3.63) is 24.3 Å². The minimum absolute atomic E-state index is 0. The second kappa shape index (κ2) is 11.6. The molecule has 0 aromatic heterocycles. The van der Waals surface area contributed by atoms with Gasteiger partial charge in [-0.2, -0.15) is 0 Å². The number of hydrogen-bond donors (Lipinski definition) is 2. The van der Waals surface area contributed by atoms with Crippen LogP contribution in [0.3, 0.4) is 0 Å². The van der Waals surface area contributed by atoms with Gasteiger partial charge in [0, 0.05) is 46.3 Å². The zero-order chi connectivity index (χ0) is 18.2. The summed E-state index contributed by atoms with van der Waals surface area (Å²) < 4.78 is 11.7. The third-order valence-corrected chi connectivity index (χ3v) is 4.92. The number of para-hydroxylation sites is 2. The van der Waals surface area contributed by atoms with Gasteiger partial charge in [0.25, 0.3) is 0 Å². The lowest BCUT2D eigenvalue weighted by Crippen LogP contribution is -2.50. The molecule has 0 aliphatic carbocycles. The second-order valence-electron chi connectivity index (χ2n) is 6.65. The van der Waals surface area contributed by atoms with Crippen LogP contribution in [0.15, 0.2) is 29.3 Å². The first-order chi connectivity index (χ1) is 12.8. The van der Waals surface area contributed by atoms with E-state index < -0.39 is 0 Å². The molecule has 0 spiro atoms. The summed E-state index contributed by atoms with van der Waals surface area (Å²) in [6.07, 6.45) is -0.0226. The standard InChI is InChI=1S/C19H31N5O2.HI/c1-3-23-10-12-24(13-11-23)9-8-21-19(20-2)22-14-16-15-25-17-6-4-5-7-18(17)26-16;/h4-7,16H,3,8-15H2,1-2H3,(H2,20,21,22);1H. The molecule has 1 fully saturated rings. The van der Waals surface area contributed by atoms with Gasteiger partial charge >= 0.3 is 0 Å². The maximum absolute atomic E-state index is 5.96. The van der Waals surface area contributed by atoms with Gasteiger partial charge in [0.15, 0.2) is 17.5 Å². The van der Waals surface area contributed by atoms with E-state index in [1.807, 2.05) is 24.3 Å². The molecule has 152 valence electrons. The van der Waals surface area contributed by atoms with Crippen molar-refractivity contribution < 1.29 is 9.47 Å². The molecule has 0 amide bonds. The molecule has 2 aliphatic heterocycles. The smallest absolute Gasteiger partial charge is 0.191 e. The molecule has 1 atom stereocenters. The number of halogens is 1. The zero-order valence-corrected chi connectivity index (χ0v) is 18.6. The van der Waals surface area contributed by atoms with Gasteiger partial charge < -0.3 is 25.0 Å². The first-order valence-electron chi connectivity index (χ1n) is 9.56. The second-order valence-corrected chi connectivity index (χ2v) is 6.65. The van der Waals surface area contributed by atoms with E-state index in [2.05, 4.69) is 32.3 Å². The molecule has 3 rings (SSSR count). The average Bonchev–Trinajstić information content (AvgIpc) is 2.71. The van der Waals surface area contributed by atoms with Crippen molar-refractivity contribution in [3.8, 4) is 11.5 Å². The highest BCUT2D eigenvalue weighted by Gasteiger charge is 2.20. The van der Waals surface area contributed by atoms with E-state index in [1.165, 1.54) is 13.1 Å². The fourth-order valence-corrected chi connectivity index (χ4v) is 3.26. The molecule has 0 bridgehead atoms. The molecular formula is C19H32IN5O2. The Bertz CT molecular complexity index is 593. The number of nitrogens with one attached hydrogen (secondary N) is 2. The van der Waals surface area contributed by atoms with E-state index in [1.54, 1.807) is 7.05 Å². The van der Waals surface area contributed by atoms with Crippen molar-refractivity contribution in [3.63, 3.8) is 0 Å². The molecular weight excluding hydrogens is 457 g/mol. The topological polar surface area (TPSA) is 61.4 Å². The summed E-state index contributed by atoms with van der Waals surface area (Å²) in [6, 6.07) is 7.78. The van der Waals surface area contributed by atoms with E-state index in [-0.39, 0.29) is 30.1 Å².